The number of hydrogen-bond acceptors (Lipinski definition) is 3. The number of benzene rings is 2. The standard InChI is InChI=1S/C20H19ClF2N2O2S/c1-20(2,11-21)19(27)24-14-6-3-12(4-7-14)18-25(17(26)10-28-18)16-8-5-13(22)9-15(16)23/h3-9,18H,10-11H2,1-2H3,(H,24,27). The first-order valence-electron chi connectivity index (χ1n) is 8.59. The Morgan fingerprint density at radius 3 is 2.54 bits per heavy atom. The number of rotatable bonds is 5. The summed E-state index contributed by atoms with van der Waals surface area (Å²) >= 11 is 7.18. The minimum absolute atomic E-state index is 0.0441. The molecule has 1 unspecified atom stereocenters. The molecule has 0 bridgehead atoms. The lowest BCUT2D eigenvalue weighted by Crippen LogP contribution is -2.32. The predicted molar refractivity (Wildman–Crippen MR) is 109 cm³/mol. The van der Waals surface area contributed by atoms with Crippen molar-refractivity contribution in [3.8, 4) is 0 Å². The van der Waals surface area contributed by atoms with Gasteiger partial charge in [0.1, 0.15) is 17.0 Å². The highest BCUT2D eigenvalue weighted by Gasteiger charge is 2.35. The van der Waals surface area contributed by atoms with E-state index in [0.717, 1.165) is 17.7 Å². The summed E-state index contributed by atoms with van der Waals surface area (Å²) in [7, 11) is 0. The normalized spacial score (nSPS) is 17.1. The van der Waals surface area contributed by atoms with E-state index in [1.165, 1.54) is 22.7 Å². The van der Waals surface area contributed by atoms with Crippen molar-refractivity contribution in [2.45, 2.75) is 19.2 Å². The maximum atomic E-state index is 14.2. The Hall–Kier alpha value is -2.12. The van der Waals surface area contributed by atoms with E-state index in [1.807, 2.05) is 0 Å². The number of nitrogens with one attached hydrogen (secondary N) is 1. The first kappa shape index (κ1) is 20.6. The number of halogens is 3. The van der Waals surface area contributed by atoms with Crippen LogP contribution in [0.5, 0.6) is 0 Å². The average Bonchev–Trinajstić information content (AvgIpc) is 3.03. The van der Waals surface area contributed by atoms with Gasteiger partial charge in [0.15, 0.2) is 0 Å². The molecule has 1 aliphatic heterocycles. The predicted octanol–water partition coefficient (Wildman–Crippen LogP) is 4.95. The molecule has 1 fully saturated rings. The Labute approximate surface area is 171 Å². The minimum atomic E-state index is -0.784. The van der Waals surface area contributed by atoms with Crippen LogP contribution in [0.4, 0.5) is 20.2 Å². The molecule has 0 aliphatic carbocycles. The van der Waals surface area contributed by atoms with Crippen molar-refractivity contribution >= 4 is 46.6 Å². The number of amides is 2. The second kappa shape index (κ2) is 8.09. The molecular formula is C20H19ClF2N2O2S. The maximum absolute atomic E-state index is 14.2. The average molecular weight is 425 g/mol. The van der Waals surface area contributed by atoms with E-state index in [-0.39, 0.29) is 29.1 Å². The fourth-order valence-electron chi connectivity index (χ4n) is 2.70. The van der Waals surface area contributed by atoms with Crippen LogP contribution in [-0.4, -0.2) is 23.4 Å². The van der Waals surface area contributed by atoms with E-state index < -0.39 is 22.4 Å². The van der Waals surface area contributed by atoms with Crippen LogP contribution in [0.15, 0.2) is 42.5 Å². The number of alkyl halides is 1. The van der Waals surface area contributed by atoms with Gasteiger partial charge in [-0.25, -0.2) is 8.78 Å². The fraction of sp³-hybridized carbons (Fsp3) is 0.300. The van der Waals surface area contributed by atoms with Crippen LogP contribution in [-0.2, 0) is 9.59 Å². The molecule has 28 heavy (non-hydrogen) atoms. The molecule has 0 saturated carbocycles. The zero-order chi connectivity index (χ0) is 20.5. The lowest BCUT2D eigenvalue weighted by molar-refractivity contribution is -0.123. The third-order valence-electron chi connectivity index (χ3n) is 4.44. The van der Waals surface area contributed by atoms with Gasteiger partial charge >= 0.3 is 0 Å². The maximum Gasteiger partial charge on any atom is 0.238 e. The van der Waals surface area contributed by atoms with E-state index in [9.17, 15) is 18.4 Å². The van der Waals surface area contributed by atoms with Gasteiger partial charge in [0.2, 0.25) is 11.8 Å². The largest absolute Gasteiger partial charge is 0.326 e. The summed E-state index contributed by atoms with van der Waals surface area (Å²) in [6.07, 6.45) is 0. The minimum Gasteiger partial charge on any atom is -0.326 e. The molecule has 1 aliphatic rings. The van der Waals surface area contributed by atoms with Gasteiger partial charge in [-0.1, -0.05) is 12.1 Å². The van der Waals surface area contributed by atoms with Crippen LogP contribution in [0.1, 0.15) is 24.8 Å². The van der Waals surface area contributed by atoms with Crippen molar-refractivity contribution in [3.05, 3.63) is 59.7 Å². The summed E-state index contributed by atoms with van der Waals surface area (Å²) in [5, 5.41) is 2.37. The first-order valence-corrected chi connectivity index (χ1v) is 10.2. The summed E-state index contributed by atoms with van der Waals surface area (Å²) < 4.78 is 27.4. The van der Waals surface area contributed by atoms with Gasteiger partial charge in [-0.2, -0.15) is 0 Å². The lowest BCUT2D eigenvalue weighted by atomic mass is 9.95. The Morgan fingerprint density at radius 2 is 1.93 bits per heavy atom. The summed E-state index contributed by atoms with van der Waals surface area (Å²) in [6, 6.07) is 10.1. The van der Waals surface area contributed by atoms with Gasteiger partial charge in [0.25, 0.3) is 0 Å². The molecule has 1 saturated heterocycles. The first-order chi connectivity index (χ1) is 13.2. The van der Waals surface area contributed by atoms with Gasteiger partial charge in [0.05, 0.1) is 16.9 Å². The van der Waals surface area contributed by atoms with Gasteiger partial charge in [0, 0.05) is 17.6 Å². The summed E-state index contributed by atoms with van der Waals surface area (Å²) in [5.41, 5.74) is 0.711. The molecule has 8 heteroatoms. The van der Waals surface area contributed by atoms with Crippen molar-refractivity contribution in [3.63, 3.8) is 0 Å². The summed E-state index contributed by atoms with van der Waals surface area (Å²) in [6.45, 7) is 3.50. The highest BCUT2D eigenvalue weighted by atomic mass is 35.5. The van der Waals surface area contributed by atoms with Crippen LogP contribution < -0.4 is 10.2 Å². The van der Waals surface area contributed by atoms with Crippen molar-refractivity contribution < 1.29 is 18.4 Å². The van der Waals surface area contributed by atoms with Crippen LogP contribution in [0.25, 0.3) is 0 Å². The number of anilines is 2. The molecule has 1 atom stereocenters. The Morgan fingerprint density at radius 1 is 1.25 bits per heavy atom. The van der Waals surface area contributed by atoms with Gasteiger partial charge in [-0.05, 0) is 43.7 Å². The molecule has 148 valence electrons. The van der Waals surface area contributed by atoms with Crippen LogP contribution in [0, 0.1) is 17.0 Å². The lowest BCUT2D eigenvalue weighted by Gasteiger charge is -2.25. The monoisotopic (exact) mass is 424 g/mol. The number of carbonyl (C=O) groups is 2. The van der Waals surface area contributed by atoms with Crippen molar-refractivity contribution in [1.29, 1.82) is 0 Å². The van der Waals surface area contributed by atoms with Gasteiger partial charge in [-0.15, -0.1) is 23.4 Å². The number of nitrogens with zero attached hydrogens (tertiary/aromatic N) is 1. The smallest absolute Gasteiger partial charge is 0.238 e. The molecule has 1 N–H and O–H groups in total. The second-order valence-electron chi connectivity index (χ2n) is 7.12. The van der Waals surface area contributed by atoms with Gasteiger partial charge < -0.3 is 5.32 Å². The summed E-state index contributed by atoms with van der Waals surface area (Å²) in [5.74, 6) is -1.54. The molecule has 1 heterocycles. The third kappa shape index (κ3) is 4.15. The fourth-order valence-corrected chi connectivity index (χ4v) is 3.99. The van der Waals surface area contributed by atoms with Gasteiger partial charge in [-0.3, -0.25) is 14.5 Å². The summed E-state index contributed by atoms with van der Waals surface area (Å²) in [4.78, 5) is 25.9. The highest BCUT2D eigenvalue weighted by molar-refractivity contribution is 8.00. The second-order valence-corrected chi connectivity index (χ2v) is 8.45. The molecule has 2 aromatic carbocycles. The van der Waals surface area contributed by atoms with E-state index in [4.69, 9.17) is 11.6 Å². The number of hydrogen-bond donors (Lipinski definition) is 1. The van der Waals surface area contributed by atoms with E-state index in [1.54, 1.807) is 38.1 Å². The molecule has 4 nitrogen and oxygen atoms in total. The van der Waals surface area contributed by atoms with E-state index in [0.29, 0.717) is 5.69 Å². The van der Waals surface area contributed by atoms with E-state index >= 15 is 0 Å². The van der Waals surface area contributed by atoms with Crippen molar-refractivity contribution in [2.24, 2.45) is 5.41 Å². The van der Waals surface area contributed by atoms with E-state index in [2.05, 4.69) is 5.32 Å². The zero-order valence-corrected chi connectivity index (χ0v) is 16.9. The molecule has 0 spiro atoms. The highest BCUT2D eigenvalue weighted by Crippen LogP contribution is 2.42. The Balaban J connectivity index is 1.82. The van der Waals surface area contributed by atoms with Crippen LogP contribution >= 0.6 is 23.4 Å². The molecule has 0 radical (unpaired) electrons. The SMILES string of the molecule is CC(C)(CCl)C(=O)Nc1ccc(C2SCC(=O)N2c2ccc(F)cc2F)cc1. The number of thioether (sulfide) groups is 1. The molecular weight excluding hydrogens is 406 g/mol. The van der Waals surface area contributed by atoms with Crippen molar-refractivity contribution in [1.82, 2.24) is 0 Å². The topological polar surface area (TPSA) is 49.4 Å². The number of carbonyl (C=O) groups excluding carboxylic acids is 2. The quantitative estimate of drug-likeness (QED) is 0.691. The third-order valence-corrected chi connectivity index (χ3v) is 6.32. The Bertz CT molecular complexity index is 906. The molecule has 3 rings (SSSR count). The van der Waals surface area contributed by atoms with Crippen LogP contribution in [0.2, 0.25) is 0 Å². The Kier molecular flexibility index (Phi) is 5.95. The zero-order valence-electron chi connectivity index (χ0n) is 15.3. The van der Waals surface area contributed by atoms with Crippen molar-refractivity contribution in [2.75, 3.05) is 21.8 Å². The molecule has 2 amide bonds. The molecule has 2 aromatic rings. The molecule has 0 aromatic heterocycles. The van der Waals surface area contributed by atoms with Crippen LogP contribution in [0.3, 0.4) is 0 Å².